The maximum atomic E-state index is 12.5. The molecule has 6 heteroatoms. The third-order valence-electron chi connectivity index (χ3n) is 5.30. The summed E-state index contributed by atoms with van der Waals surface area (Å²) in [5, 5.41) is 2.60. The van der Waals surface area contributed by atoms with Crippen LogP contribution in [0, 0.1) is 0 Å². The second-order valence-electron chi connectivity index (χ2n) is 8.00. The van der Waals surface area contributed by atoms with Crippen LogP contribution in [0.4, 0.5) is 0 Å². The number of nitrogens with two attached hydrogens (primary N) is 1. The van der Waals surface area contributed by atoms with Gasteiger partial charge in [0.15, 0.2) is 11.5 Å². The molecule has 0 saturated carbocycles. The zero-order chi connectivity index (χ0) is 25.2. The molecule has 0 saturated heterocycles. The molecular formula is C30H26N2O4. The third kappa shape index (κ3) is 6.84. The summed E-state index contributed by atoms with van der Waals surface area (Å²) in [7, 11) is 0. The van der Waals surface area contributed by atoms with Gasteiger partial charge in [-0.1, -0.05) is 84.9 Å². The number of primary amides is 1. The minimum absolute atomic E-state index is 0.0317. The molecule has 180 valence electrons. The Morgan fingerprint density at radius 3 is 1.78 bits per heavy atom. The Kier molecular flexibility index (Phi) is 8.12. The van der Waals surface area contributed by atoms with Crippen molar-refractivity contribution in [2.24, 2.45) is 5.73 Å². The summed E-state index contributed by atoms with van der Waals surface area (Å²) in [5.74, 6) is -0.123. The molecule has 0 bridgehead atoms. The van der Waals surface area contributed by atoms with Crippen LogP contribution in [0.1, 0.15) is 27.0 Å². The highest BCUT2D eigenvalue weighted by Crippen LogP contribution is 2.31. The van der Waals surface area contributed by atoms with Gasteiger partial charge in [0, 0.05) is 5.56 Å². The topological polar surface area (TPSA) is 90.7 Å². The maximum absolute atomic E-state index is 12.5. The molecule has 2 amide bonds. The molecule has 6 nitrogen and oxygen atoms in total. The number of carbonyl (C=O) groups is 2. The number of hydrogen-bond acceptors (Lipinski definition) is 4. The average Bonchev–Trinajstić information content (AvgIpc) is 2.92. The van der Waals surface area contributed by atoms with Crippen LogP contribution in [0.5, 0.6) is 11.5 Å². The van der Waals surface area contributed by atoms with Crippen molar-refractivity contribution in [3.05, 3.63) is 137 Å². The Hall–Kier alpha value is -4.84. The minimum atomic E-state index is -0.754. The first-order chi connectivity index (χ1) is 17.6. The van der Waals surface area contributed by atoms with Crippen molar-refractivity contribution in [1.82, 2.24) is 5.32 Å². The Labute approximate surface area is 210 Å². The van der Waals surface area contributed by atoms with E-state index in [1.165, 1.54) is 6.08 Å². The van der Waals surface area contributed by atoms with E-state index in [0.29, 0.717) is 35.8 Å². The highest BCUT2D eigenvalue weighted by molar-refractivity contribution is 6.04. The zero-order valence-corrected chi connectivity index (χ0v) is 19.6. The van der Waals surface area contributed by atoms with Crippen LogP contribution in [0.3, 0.4) is 0 Å². The second-order valence-corrected chi connectivity index (χ2v) is 8.00. The van der Waals surface area contributed by atoms with Crippen molar-refractivity contribution < 1.29 is 19.1 Å². The predicted octanol–water partition coefficient (Wildman–Crippen LogP) is 5.10. The Morgan fingerprint density at radius 1 is 0.694 bits per heavy atom. The molecule has 0 aliphatic carbocycles. The van der Waals surface area contributed by atoms with Crippen molar-refractivity contribution in [3.8, 4) is 11.5 Å². The normalized spacial score (nSPS) is 10.9. The molecule has 0 heterocycles. The second kappa shape index (κ2) is 12.0. The lowest BCUT2D eigenvalue weighted by Gasteiger charge is -2.14. The summed E-state index contributed by atoms with van der Waals surface area (Å²) in [6.45, 7) is 0.709. The molecule has 0 aromatic heterocycles. The van der Waals surface area contributed by atoms with E-state index in [0.717, 1.165) is 11.1 Å². The smallest absolute Gasteiger partial charge is 0.265 e. The van der Waals surface area contributed by atoms with E-state index in [1.54, 1.807) is 48.5 Å². The summed E-state index contributed by atoms with van der Waals surface area (Å²) < 4.78 is 12.1. The van der Waals surface area contributed by atoms with Gasteiger partial charge in [-0.25, -0.2) is 0 Å². The van der Waals surface area contributed by atoms with E-state index >= 15 is 0 Å². The van der Waals surface area contributed by atoms with Gasteiger partial charge in [-0.2, -0.15) is 0 Å². The number of nitrogens with one attached hydrogen (secondary N) is 1. The van der Waals surface area contributed by atoms with Crippen LogP contribution in [0.25, 0.3) is 6.08 Å². The molecule has 36 heavy (non-hydrogen) atoms. The van der Waals surface area contributed by atoms with Gasteiger partial charge in [-0.15, -0.1) is 0 Å². The van der Waals surface area contributed by atoms with Gasteiger partial charge in [0.2, 0.25) is 0 Å². The van der Waals surface area contributed by atoms with Crippen LogP contribution in [0.15, 0.2) is 115 Å². The van der Waals surface area contributed by atoms with Crippen LogP contribution >= 0.6 is 0 Å². The van der Waals surface area contributed by atoms with E-state index < -0.39 is 11.8 Å². The lowest BCUT2D eigenvalue weighted by atomic mass is 10.1. The van der Waals surface area contributed by atoms with Crippen molar-refractivity contribution in [3.63, 3.8) is 0 Å². The Morgan fingerprint density at radius 2 is 1.22 bits per heavy atom. The molecule has 0 unspecified atom stereocenters. The molecule has 0 fully saturated rings. The van der Waals surface area contributed by atoms with Crippen LogP contribution < -0.4 is 20.5 Å². The largest absolute Gasteiger partial charge is 0.485 e. The summed E-state index contributed by atoms with van der Waals surface area (Å²) in [6, 6.07) is 33.5. The first-order valence-corrected chi connectivity index (χ1v) is 11.4. The van der Waals surface area contributed by atoms with Gasteiger partial charge in [0.05, 0.1) is 0 Å². The summed E-state index contributed by atoms with van der Waals surface area (Å²) >= 11 is 0. The lowest BCUT2D eigenvalue weighted by molar-refractivity contribution is -0.114. The standard InChI is InChI=1S/C30H26N2O4/c31-29(33)26(32-30(34)25-14-8-3-9-15-25)18-24-16-17-27(35-20-22-10-4-1-5-11-22)28(19-24)36-21-23-12-6-2-7-13-23/h1-19H,20-21H2,(H2,31,33)(H,32,34)/b26-18-. The first-order valence-electron chi connectivity index (χ1n) is 11.4. The zero-order valence-electron chi connectivity index (χ0n) is 19.6. The minimum Gasteiger partial charge on any atom is -0.485 e. The molecule has 0 radical (unpaired) electrons. The summed E-state index contributed by atoms with van der Waals surface area (Å²) in [5.41, 5.74) is 8.58. The van der Waals surface area contributed by atoms with Crippen LogP contribution in [-0.2, 0) is 18.0 Å². The SMILES string of the molecule is NC(=O)/C(=C/c1ccc(OCc2ccccc2)c(OCc2ccccc2)c1)NC(=O)c1ccccc1. The monoisotopic (exact) mass is 478 g/mol. The molecule has 3 N–H and O–H groups in total. The van der Waals surface area contributed by atoms with Gasteiger partial charge in [0.25, 0.3) is 11.8 Å². The average molecular weight is 479 g/mol. The number of rotatable bonds is 10. The molecule has 0 spiro atoms. The number of amides is 2. The molecule has 0 aliphatic rings. The van der Waals surface area contributed by atoms with Gasteiger partial charge in [0.1, 0.15) is 18.9 Å². The summed E-state index contributed by atoms with van der Waals surface area (Å²) in [4.78, 5) is 24.6. The fourth-order valence-electron chi connectivity index (χ4n) is 3.44. The quantitative estimate of drug-likeness (QED) is 0.310. The van der Waals surface area contributed by atoms with E-state index in [-0.39, 0.29) is 5.70 Å². The Balaban J connectivity index is 1.58. The number of benzene rings is 4. The van der Waals surface area contributed by atoms with Gasteiger partial charge in [-0.05, 0) is 47.0 Å². The molecule has 4 aromatic rings. The van der Waals surface area contributed by atoms with Crippen LogP contribution in [0.2, 0.25) is 0 Å². The number of hydrogen-bond donors (Lipinski definition) is 2. The lowest BCUT2D eigenvalue weighted by Crippen LogP contribution is -2.31. The fourth-order valence-corrected chi connectivity index (χ4v) is 3.44. The van der Waals surface area contributed by atoms with Gasteiger partial charge in [-0.3, -0.25) is 9.59 Å². The van der Waals surface area contributed by atoms with E-state index in [2.05, 4.69) is 5.32 Å². The van der Waals surface area contributed by atoms with Gasteiger partial charge >= 0.3 is 0 Å². The highest BCUT2D eigenvalue weighted by atomic mass is 16.5. The van der Waals surface area contributed by atoms with Crippen molar-refractivity contribution in [2.45, 2.75) is 13.2 Å². The molecule has 4 aromatic carbocycles. The maximum Gasteiger partial charge on any atom is 0.265 e. The fraction of sp³-hybridized carbons (Fsp3) is 0.0667. The van der Waals surface area contributed by atoms with Gasteiger partial charge < -0.3 is 20.5 Å². The number of ether oxygens (including phenoxy) is 2. The van der Waals surface area contributed by atoms with Crippen molar-refractivity contribution in [2.75, 3.05) is 0 Å². The molecule has 4 rings (SSSR count). The summed E-state index contributed by atoms with van der Waals surface area (Å²) in [6.07, 6.45) is 1.51. The van der Waals surface area contributed by atoms with Crippen LogP contribution in [-0.4, -0.2) is 11.8 Å². The third-order valence-corrected chi connectivity index (χ3v) is 5.30. The Bertz CT molecular complexity index is 1340. The van der Waals surface area contributed by atoms with E-state index in [4.69, 9.17) is 15.2 Å². The molecule has 0 aliphatic heterocycles. The highest BCUT2D eigenvalue weighted by Gasteiger charge is 2.13. The molecule has 0 atom stereocenters. The predicted molar refractivity (Wildman–Crippen MR) is 139 cm³/mol. The van der Waals surface area contributed by atoms with Crippen molar-refractivity contribution in [1.29, 1.82) is 0 Å². The first kappa shape index (κ1) is 24.3. The molecular weight excluding hydrogens is 452 g/mol. The van der Waals surface area contributed by atoms with Crippen molar-refractivity contribution >= 4 is 17.9 Å². The van der Waals surface area contributed by atoms with E-state index in [1.807, 2.05) is 60.7 Å². The number of carbonyl (C=O) groups excluding carboxylic acids is 2. The van der Waals surface area contributed by atoms with E-state index in [9.17, 15) is 9.59 Å².